The molecule has 1 aliphatic heterocycles. The average Bonchev–Trinajstić information content (AvgIpc) is 3.09. The summed E-state index contributed by atoms with van der Waals surface area (Å²) < 4.78 is 11.0. The van der Waals surface area contributed by atoms with E-state index in [-0.39, 0.29) is 24.3 Å². The molecule has 0 radical (unpaired) electrons. The van der Waals surface area contributed by atoms with Gasteiger partial charge in [-0.2, -0.15) is 0 Å². The Labute approximate surface area is 192 Å². The normalized spacial score (nSPS) is 12.5. The molecule has 7 heteroatoms. The molecule has 0 saturated carbocycles. The summed E-state index contributed by atoms with van der Waals surface area (Å²) in [6.45, 7) is 0.873. The van der Waals surface area contributed by atoms with Crippen LogP contribution in [0.15, 0.2) is 72.8 Å². The third-order valence-electron chi connectivity index (χ3n) is 5.52. The van der Waals surface area contributed by atoms with E-state index in [9.17, 15) is 14.4 Å². The monoisotopic (exact) mass is 444 g/mol. The van der Waals surface area contributed by atoms with Gasteiger partial charge >= 0.3 is 0 Å². The molecule has 0 aromatic heterocycles. The minimum Gasteiger partial charge on any atom is -0.493 e. The summed E-state index contributed by atoms with van der Waals surface area (Å²) >= 11 is 0. The fourth-order valence-electron chi connectivity index (χ4n) is 3.67. The van der Waals surface area contributed by atoms with Crippen molar-refractivity contribution >= 4 is 17.7 Å². The molecule has 3 amide bonds. The molecule has 0 atom stereocenters. The summed E-state index contributed by atoms with van der Waals surface area (Å²) in [5.41, 5.74) is 2.13. The molecular formula is C26H24N2O5. The number of rotatable bonds is 8. The summed E-state index contributed by atoms with van der Waals surface area (Å²) in [6.07, 6.45) is 0. The van der Waals surface area contributed by atoms with Crippen molar-refractivity contribution < 1.29 is 23.9 Å². The molecule has 7 nitrogen and oxygen atoms in total. The molecule has 0 aliphatic carbocycles. The molecule has 3 aromatic carbocycles. The van der Waals surface area contributed by atoms with Gasteiger partial charge < -0.3 is 14.4 Å². The maximum absolute atomic E-state index is 12.7. The van der Waals surface area contributed by atoms with Gasteiger partial charge in [0.2, 0.25) is 0 Å². The van der Waals surface area contributed by atoms with Crippen LogP contribution in [0.25, 0.3) is 0 Å². The van der Waals surface area contributed by atoms with Crippen molar-refractivity contribution in [1.29, 1.82) is 0 Å². The van der Waals surface area contributed by atoms with Gasteiger partial charge in [-0.1, -0.05) is 36.4 Å². The van der Waals surface area contributed by atoms with Crippen LogP contribution in [0.5, 0.6) is 11.5 Å². The van der Waals surface area contributed by atoms with Gasteiger partial charge in [-0.05, 0) is 42.0 Å². The average molecular weight is 444 g/mol. The molecule has 1 heterocycles. The number of para-hydroxylation sites is 2. The number of methoxy groups -OCH3 is 1. The standard InChI is InChI=1S/C26H24N2O5/c1-27(15-16-33-23-10-6-5-9-22(23)32-2)24(29)19-13-11-18(12-14-19)17-28-25(30)20-7-3-4-8-21(20)26(28)31/h3-14H,15-17H2,1-2H3. The summed E-state index contributed by atoms with van der Waals surface area (Å²) in [6, 6.07) is 21.1. The van der Waals surface area contributed by atoms with Gasteiger partial charge in [0, 0.05) is 12.6 Å². The molecule has 0 N–H and O–H groups in total. The zero-order valence-electron chi connectivity index (χ0n) is 18.5. The van der Waals surface area contributed by atoms with Gasteiger partial charge in [-0.3, -0.25) is 19.3 Å². The predicted octanol–water partition coefficient (Wildman–Crippen LogP) is 3.64. The van der Waals surface area contributed by atoms with E-state index in [1.165, 1.54) is 4.90 Å². The third kappa shape index (κ3) is 4.57. The Hall–Kier alpha value is -4.13. The zero-order valence-corrected chi connectivity index (χ0v) is 18.5. The maximum Gasteiger partial charge on any atom is 0.261 e. The van der Waals surface area contributed by atoms with Gasteiger partial charge in [0.25, 0.3) is 17.7 Å². The van der Waals surface area contributed by atoms with E-state index in [4.69, 9.17) is 9.47 Å². The minimum absolute atomic E-state index is 0.147. The summed E-state index contributed by atoms with van der Waals surface area (Å²) in [5.74, 6) is 0.514. The van der Waals surface area contributed by atoms with Crippen molar-refractivity contribution in [3.05, 3.63) is 95.1 Å². The van der Waals surface area contributed by atoms with Crippen LogP contribution in [0.1, 0.15) is 36.6 Å². The van der Waals surface area contributed by atoms with Gasteiger partial charge in [0.1, 0.15) is 6.61 Å². The highest BCUT2D eigenvalue weighted by Crippen LogP contribution is 2.26. The fourth-order valence-corrected chi connectivity index (χ4v) is 3.67. The van der Waals surface area contributed by atoms with Crippen molar-refractivity contribution in [2.75, 3.05) is 27.3 Å². The molecule has 1 aliphatic rings. The van der Waals surface area contributed by atoms with Crippen molar-refractivity contribution in [2.45, 2.75) is 6.54 Å². The molecule has 0 unspecified atom stereocenters. The van der Waals surface area contributed by atoms with E-state index in [1.54, 1.807) is 67.6 Å². The second kappa shape index (κ2) is 9.56. The van der Waals surface area contributed by atoms with Crippen molar-refractivity contribution in [2.24, 2.45) is 0 Å². The molecule has 3 aromatic rings. The maximum atomic E-state index is 12.7. The number of fused-ring (bicyclic) bond motifs is 1. The van der Waals surface area contributed by atoms with E-state index < -0.39 is 0 Å². The Balaban J connectivity index is 1.33. The van der Waals surface area contributed by atoms with Crippen LogP contribution in [0.3, 0.4) is 0 Å². The Kier molecular flexibility index (Phi) is 6.40. The first kappa shape index (κ1) is 22.1. The van der Waals surface area contributed by atoms with E-state index in [2.05, 4.69) is 0 Å². The number of carbonyl (C=O) groups excluding carboxylic acids is 3. The molecule has 0 bridgehead atoms. The molecule has 168 valence electrons. The molecular weight excluding hydrogens is 420 g/mol. The fraction of sp³-hybridized carbons (Fsp3) is 0.192. The minimum atomic E-state index is -0.300. The lowest BCUT2D eigenvalue weighted by molar-refractivity contribution is 0.0641. The number of hydrogen-bond donors (Lipinski definition) is 0. The largest absolute Gasteiger partial charge is 0.493 e. The van der Waals surface area contributed by atoms with Crippen LogP contribution in [-0.4, -0.2) is 54.8 Å². The summed E-state index contributed by atoms with van der Waals surface area (Å²) in [5, 5.41) is 0. The van der Waals surface area contributed by atoms with E-state index in [1.807, 2.05) is 24.3 Å². The topological polar surface area (TPSA) is 76.2 Å². The lowest BCUT2D eigenvalue weighted by atomic mass is 10.1. The predicted molar refractivity (Wildman–Crippen MR) is 123 cm³/mol. The SMILES string of the molecule is COc1ccccc1OCCN(C)C(=O)c1ccc(CN2C(=O)c3ccccc3C2=O)cc1. The van der Waals surface area contributed by atoms with Gasteiger partial charge in [0.05, 0.1) is 31.3 Å². The van der Waals surface area contributed by atoms with Crippen LogP contribution in [0.4, 0.5) is 0 Å². The van der Waals surface area contributed by atoms with E-state index >= 15 is 0 Å². The molecule has 0 spiro atoms. The molecule has 0 fully saturated rings. The molecule has 0 saturated heterocycles. The summed E-state index contributed by atoms with van der Waals surface area (Å²) in [4.78, 5) is 40.6. The van der Waals surface area contributed by atoms with Crippen LogP contribution in [0, 0.1) is 0 Å². The Bertz CT molecular complexity index is 1150. The van der Waals surface area contributed by atoms with Crippen LogP contribution < -0.4 is 9.47 Å². The number of nitrogens with zero attached hydrogens (tertiary/aromatic N) is 2. The van der Waals surface area contributed by atoms with Gasteiger partial charge in [-0.25, -0.2) is 0 Å². The highest BCUT2D eigenvalue weighted by Gasteiger charge is 2.34. The quantitative estimate of drug-likeness (QED) is 0.496. The Morgan fingerprint density at radius 1 is 0.848 bits per heavy atom. The van der Waals surface area contributed by atoms with Crippen LogP contribution >= 0.6 is 0 Å². The second-order valence-electron chi connectivity index (χ2n) is 7.66. The summed E-state index contributed by atoms with van der Waals surface area (Å²) in [7, 11) is 3.29. The number of likely N-dealkylation sites (N-methyl/N-ethyl adjacent to an activating group) is 1. The van der Waals surface area contributed by atoms with E-state index in [0.717, 1.165) is 5.56 Å². The van der Waals surface area contributed by atoms with Crippen molar-refractivity contribution in [3.63, 3.8) is 0 Å². The van der Waals surface area contributed by atoms with Crippen molar-refractivity contribution in [3.8, 4) is 11.5 Å². The first-order valence-electron chi connectivity index (χ1n) is 10.5. The number of imide groups is 1. The Morgan fingerprint density at radius 2 is 1.42 bits per heavy atom. The van der Waals surface area contributed by atoms with Gasteiger partial charge in [-0.15, -0.1) is 0 Å². The van der Waals surface area contributed by atoms with E-state index in [0.29, 0.717) is 41.3 Å². The Morgan fingerprint density at radius 3 is 2.03 bits per heavy atom. The van der Waals surface area contributed by atoms with Gasteiger partial charge in [0.15, 0.2) is 11.5 Å². The second-order valence-corrected chi connectivity index (χ2v) is 7.66. The number of benzene rings is 3. The zero-order chi connectivity index (χ0) is 23.4. The third-order valence-corrected chi connectivity index (χ3v) is 5.52. The number of amides is 3. The van der Waals surface area contributed by atoms with Crippen molar-refractivity contribution in [1.82, 2.24) is 9.80 Å². The highest BCUT2D eigenvalue weighted by atomic mass is 16.5. The highest BCUT2D eigenvalue weighted by molar-refractivity contribution is 6.21. The molecule has 4 rings (SSSR count). The number of hydrogen-bond acceptors (Lipinski definition) is 5. The number of carbonyl (C=O) groups is 3. The van der Waals surface area contributed by atoms with Crippen LogP contribution in [0.2, 0.25) is 0 Å². The first-order valence-corrected chi connectivity index (χ1v) is 10.5. The molecule has 33 heavy (non-hydrogen) atoms. The lowest BCUT2D eigenvalue weighted by Crippen LogP contribution is -2.31. The smallest absolute Gasteiger partial charge is 0.261 e. The van der Waals surface area contributed by atoms with Crippen LogP contribution in [-0.2, 0) is 6.54 Å². The number of ether oxygens (including phenoxy) is 2. The first-order chi connectivity index (χ1) is 16.0. The lowest BCUT2D eigenvalue weighted by Gasteiger charge is -2.19.